The van der Waals surface area contributed by atoms with Gasteiger partial charge in [-0.3, -0.25) is 4.79 Å². The van der Waals surface area contributed by atoms with E-state index in [1.807, 2.05) is 0 Å². The Labute approximate surface area is 269 Å². The topological polar surface area (TPSA) is 83.5 Å². The molecule has 1 aromatic heterocycles. The van der Waals surface area contributed by atoms with Gasteiger partial charge in [0, 0.05) is 31.6 Å². The number of ether oxygens (including phenoxy) is 1. The Kier molecular flexibility index (Phi) is 8.98. The number of aromatic nitrogens is 1. The second-order valence-electron chi connectivity index (χ2n) is 8.96. The summed E-state index contributed by atoms with van der Waals surface area (Å²) in [7, 11) is 0. The number of nitrogens with zero attached hydrogens (tertiary/aromatic N) is 1. The summed E-state index contributed by atoms with van der Waals surface area (Å²) in [6.45, 7) is 0. The van der Waals surface area contributed by atoms with E-state index in [1.165, 1.54) is 24.4 Å². The fourth-order valence-electron chi connectivity index (χ4n) is 4.34. The molecule has 0 saturated heterocycles. The quantitative estimate of drug-likeness (QED) is 0.0784. The smallest absolute Gasteiger partial charge is 0.418 e. The highest BCUT2D eigenvalue weighted by atomic mass is 79.9. The number of H-pyrrole nitrogens is 1. The maximum absolute atomic E-state index is 13.8. The van der Waals surface area contributed by atoms with Crippen molar-refractivity contribution in [3.63, 3.8) is 0 Å². The molecular weight excluding hydrogens is 738 g/mol. The number of aromatic amines is 1. The Hall–Kier alpha value is -3.64. The van der Waals surface area contributed by atoms with Crippen molar-refractivity contribution in [1.82, 2.24) is 10.4 Å². The SMILES string of the molecule is O=C(Oc1c(Br)cc(Br)cc1C=NNC(=O)c1[nH]c2c(C(F)(F)F)cccc2c1-c1ccccc1Cl)c1ccccc1Cl. The highest BCUT2D eigenvalue weighted by Gasteiger charge is 2.35. The van der Waals surface area contributed by atoms with Crippen LogP contribution in [0.2, 0.25) is 10.0 Å². The van der Waals surface area contributed by atoms with Crippen LogP contribution in [0.1, 0.15) is 32.0 Å². The molecule has 43 heavy (non-hydrogen) atoms. The number of esters is 1. The van der Waals surface area contributed by atoms with Crippen molar-refractivity contribution in [2.45, 2.75) is 6.18 Å². The van der Waals surface area contributed by atoms with Gasteiger partial charge >= 0.3 is 12.1 Å². The largest absolute Gasteiger partial charge is 0.421 e. The number of halogens is 7. The molecule has 0 fully saturated rings. The van der Waals surface area contributed by atoms with Gasteiger partial charge in [-0.2, -0.15) is 18.3 Å². The number of amides is 1. The molecule has 0 aliphatic heterocycles. The van der Waals surface area contributed by atoms with E-state index < -0.39 is 23.6 Å². The van der Waals surface area contributed by atoms with Crippen LogP contribution < -0.4 is 10.2 Å². The number of carbonyl (C=O) groups is 2. The Bertz CT molecular complexity index is 1930. The standard InChI is InChI=1S/C30H16Br2Cl2F3N3O3/c31-16-12-15(27(21(32)13-16)43-29(42)18-7-2-4-11-23(18)34)14-38-40-28(41)26-24(17-6-1-3-10-22(17)33)19-8-5-9-20(25(19)39-26)30(35,36)37/h1-14,39H,(H,40,41). The first-order valence-corrected chi connectivity index (χ1v) is 14.6. The highest BCUT2D eigenvalue weighted by molar-refractivity contribution is 9.11. The van der Waals surface area contributed by atoms with Crippen molar-refractivity contribution in [2.75, 3.05) is 0 Å². The van der Waals surface area contributed by atoms with Crippen molar-refractivity contribution < 1.29 is 27.5 Å². The maximum atomic E-state index is 13.8. The van der Waals surface area contributed by atoms with Gasteiger partial charge < -0.3 is 9.72 Å². The van der Waals surface area contributed by atoms with Crippen LogP contribution >= 0.6 is 55.1 Å². The molecule has 0 saturated carbocycles. The van der Waals surface area contributed by atoms with Gasteiger partial charge in [0.05, 0.1) is 32.4 Å². The molecule has 0 unspecified atom stereocenters. The van der Waals surface area contributed by atoms with Crippen molar-refractivity contribution >= 4 is 84.1 Å². The minimum Gasteiger partial charge on any atom is -0.421 e. The van der Waals surface area contributed by atoms with Gasteiger partial charge in [-0.1, -0.05) is 81.6 Å². The minimum atomic E-state index is -4.68. The molecule has 0 bridgehead atoms. The predicted octanol–water partition coefficient (Wildman–Crippen LogP) is 9.67. The lowest BCUT2D eigenvalue weighted by atomic mass is 10.00. The summed E-state index contributed by atoms with van der Waals surface area (Å²) in [6, 6.07) is 19.7. The average Bonchev–Trinajstić information content (AvgIpc) is 3.34. The lowest BCUT2D eigenvalue weighted by Crippen LogP contribution is -2.19. The Morgan fingerprint density at radius 1 is 0.930 bits per heavy atom. The van der Waals surface area contributed by atoms with Gasteiger partial charge in [0.1, 0.15) is 5.69 Å². The first kappa shape index (κ1) is 30.8. The number of hydrogen-bond acceptors (Lipinski definition) is 4. The van der Waals surface area contributed by atoms with Crippen LogP contribution in [0, 0.1) is 0 Å². The molecule has 1 heterocycles. The molecule has 5 rings (SSSR count). The molecule has 6 nitrogen and oxygen atoms in total. The number of benzene rings is 4. The molecule has 13 heteroatoms. The second kappa shape index (κ2) is 12.5. The van der Waals surface area contributed by atoms with Gasteiger partial charge in [0.15, 0.2) is 5.75 Å². The van der Waals surface area contributed by atoms with Crippen molar-refractivity contribution in [3.8, 4) is 16.9 Å². The molecule has 0 radical (unpaired) electrons. The molecule has 218 valence electrons. The number of fused-ring (bicyclic) bond motifs is 1. The van der Waals surface area contributed by atoms with Gasteiger partial charge in [0.25, 0.3) is 5.91 Å². The van der Waals surface area contributed by atoms with Crippen molar-refractivity contribution in [3.05, 3.63) is 120 Å². The van der Waals surface area contributed by atoms with Crippen LogP contribution in [-0.2, 0) is 6.18 Å². The number of alkyl halides is 3. The summed E-state index contributed by atoms with van der Waals surface area (Å²) in [6.07, 6.45) is -3.46. The zero-order valence-corrected chi connectivity index (χ0v) is 26.1. The second-order valence-corrected chi connectivity index (χ2v) is 11.5. The molecule has 0 aliphatic rings. The molecule has 4 aromatic carbocycles. The van der Waals surface area contributed by atoms with E-state index in [4.69, 9.17) is 27.9 Å². The van der Waals surface area contributed by atoms with Crippen LogP contribution in [0.3, 0.4) is 0 Å². The zero-order valence-electron chi connectivity index (χ0n) is 21.4. The summed E-state index contributed by atoms with van der Waals surface area (Å²) in [5.74, 6) is -1.47. The van der Waals surface area contributed by atoms with E-state index in [9.17, 15) is 22.8 Å². The number of hydrogen-bond donors (Lipinski definition) is 2. The molecule has 2 N–H and O–H groups in total. The Morgan fingerprint density at radius 2 is 1.63 bits per heavy atom. The highest BCUT2D eigenvalue weighted by Crippen LogP contribution is 2.41. The third-order valence-electron chi connectivity index (χ3n) is 6.20. The van der Waals surface area contributed by atoms with Crippen LogP contribution in [0.15, 0.2) is 92.9 Å². The average molecular weight is 754 g/mol. The Balaban J connectivity index is 1.51. The van der Waals surface area contributed by atoms with Crippen LogP contribution in [0.25, 0.3) is 22.0 Å². The first-order chi connectivity index (χ1) is 20.5. The molecule has 5 aromatic rings. The normalized spacial score (nSPS) is 11.7. The summed E-state index contributed by atoms with van der Waals surface area (Å²) in [4.78, 5) is 28.8. The maximum Gasteiger partial charge on any atom is 0.418 e. The van der Waals surface area contributed by atoms with Crippen LogP contribution in [0.4, 0.5) is 13.2 Å². The molecule has 0 spiro atoms. The molecule has 1 amide bonds. The number of para-hydroxylation sites is 1. The van der Waals surface area contributed by atoms with E-state index in [0.717, 1.165) is 6.07 Å². The fraction of sp³-hybridized carbons (Fsp3) is 0.0333. The minimum absolute atomic E-state index is 0.0864. The summed E-state index contributed by atoms with van der Waals surface area (Å²) in [5.41, 5.74) is 1.90. The van der Waals surface area contributed by atoms with Gasteiger partial charge in [-0.15, -0.1) is 0 Å². The van der Waals surface area contributed by atoms with E-state index in [-0.39, 0.29) is 49.1 Å². The summed E-state index contributed by atoms with van der Waals surface area (Å²) < 4.78 is 48.1. The van der Waals surface area contributed by atoms with Gasteiger partial charge in [0.2, 0.25) is 0 Å². The Morgan fingerprint density at radius 3 is 2.33 bits per heavy atom. The predicted molar refractivity (Wildman–Crippen MR) is 167 cm³/mol. The monoisotopic (exact) mass is 751 g/mol. The van der Waals surface area contributed by atoms with Gasteiger partial charge in [-0.25, -0.2) is 10.2 Å². The van der Waals surface area contributed by atoms with Crippen molar-refractivity contribution in [1.29, 1.82) is 0 Å². The van der Waals surface area contributed by atoms with Gasteiger partial charge in [-0.05, 0) is 52.3 Å². The number of nitrogens with one attached hydrogen (secondary N) is 2. The molecule has 0 aliphatic carbocycles. The summed E-state index contributed by atoms with van der Waals surface area (Å²) >= 11 is 19.2. The third-order valence-corrected chi connectivity index (χ3v) is 7.91. The van der Waals surface area contributed by atoms with E-state index in [1.54, 1.807) is 54.6 Å². The number of hydrazone groups is 1. The molecule has 0 atom stereocenters. The van der Waals surface area contributed by atoms with E-state index in [2.05, 4.69) is 47.4 Å². The van der Waals surface area contributed by atoms with Crippen LogP contribution in [0.5, 0.6) is 5.75 Å². The number of rotatable bonds is 6. The third kappa shape index (κ3) is 6.50. The van der Waals surface area contributed by atoms with Crippen LogP contribution in [-0.4, -0.2) is 23.1 Å². The number of carbonyl (C=O) groups excluding carboxylic acids is 2. The first-order valence-electron chi connectivity index (χ1n) is 12.2. The summed E-state index contributed by atoms with van der Waals surface area (Å²) in [5, 5.41) is 4.59. The lowest BCUT2D eigenvalue weighted by molar-refractivity contribution is -0.136. The van der Waals surface area contributed by atoms with E-state index in [0.29, 0.717) is 14.5 Å². The lowest BCUT2D eigenvalue weighted by Gasteiger charge is -2.11. The van der Waals surface area contributed by atoms with Crippen molar-refractivity contribution in [2.24, 2.45) is 5.10 Å². The molecular formula is C30H16Br2Cl2F3N3O3. The zero-order chi connectivity index (χ0) is 30.9. The van der Waals surface area contributed by atoms with E-state index >= 15 is 0 Å². The fourth-order valence-corrected chi connectivity index (χ4v) is 6.12.